The maximum Gasteiger partial charge on any atom is 0.0772 e. The molecule has 3 nitrogen and oxygen atoms in total. The fourth-order valence-corrected chi connectivity index (χ4v) is 2.88. The molecule has 1 aliphatic carbocycles. The monoisotopic (exact) mass is 328 g/mol. The van der Waals surface area contributed by atoms with Crippen molar-refractivity contribution in [2.75, 3.05) is 38.0 Å². The molecule has 0 N–H and O–H groups in total. The molecule has 0 amide bonds. The van der Waals surface area contributed by atoms with E-state index in [1.54, 1.807) is 7.11 Å². The first-order chi connectivity index (χ1) is 7.33. The number of ether oxygens (including phenoxy) is 3. The lowest BCUT2D eigenvalue weighted by atomic mass is 10.1. The van der Waals surface area contributed by atoms with E-state index >= 15 is 0 Å². The highest BCUT2D eigenvalue weighted by molar-refractivity contribution is 14.1. The van der Waals surface area contributed by atoms with Crippen LogP contribution < -0.4 is 0 Å². The zero-order chi connectivity index (χ0) is 11.0. The number of hydrogen-bond donors (Lipinski definition) is 0. The van der Waals surface area contributed by atoms with E-state index in [2.05, 4.69) is 22.6 Å². The van der Waals surface area contributed by atoms with Gasteiger partial charge >= 0.3 is 0 Å². The van der Waals surface area contributed by atoms with Crippen molar-refractivity contribution < 1.29 is 14.2 Å². The van der Waals surface area contributed by atoms with E-state index in [0.29, 0.717) is 26.4 Å². The van der Waals surface area contributed by atoms with E-state index in [0.717, 1.165) is 4.43 Å². The summed E-state index contributed by atoms with van der Waals surface area (Å²) in [7, 11) is 1.68. The molecule has 0 unspecified atom stereocenters. The lowest BCUT2D eigenvalue weighted by Crippen LogP contribution is -2.32. The molecule has 0 spiro atoms. The summed E-state index contributed by atoms with van der Waals surface area (Å²) in [6.07, 6.45) is 5.06. The summed E-state index contributed by atoms with van der Waals surface area (Å²) in [6, 6.07) is 0. The molecule has 0 aliphatic heterocycles. The highest BCUT2D eigenvalue weighted by Gasteiger charge is 2.33. The molecular weight excluding hydrogens is 307 g/mol. The number of rotatable bonds is 8. The zero-order valence-corrected chi connectivity index (χ0v) is 11.6. The van der Waals surface area contributed by atoms with Crippen LogP contribution in [0.2, 0.25) is 0 Å². The third-order valence-electron chi connectivity index (χ3n) is 2.83. The quantitative estimate of drug-likeness (QED) is 0.389. The zero-order valence-electron chi connectivity index (χ0n) is 9.47. The molecule has 4 heteroatoms. The maximum atomic E-state index is 5.95. The van der Waals surface area contributed by atoms with Gasteiger partial charge < -0.3 is 14.2 Å². The van der Waals surface area contributed by atoms with Crippen LogP contribution in [0.25, 0.3) is 0 Å². The molecule has 1 saturated carbocycles. The predicted molar refractivity (Wildman–Crippen MR) is 68.7 cm³/mol. The maximum absolute atomic E-state index is 5.95. The van der Waals surface area contributed by atoms with Crippen LogP contribution in [0.3, 0.4) is 0 Å². The smallest absolute Gasteiger partial charge is 0.0772 e. The van der Waals surface area contributed by atoms with Crippen molar-refractivity contribution in [2.45, 2.75) is 31.3 Å². The van der Waals surface area contributed by atoms with E-state index in [1.807, 2.05) is 0 Å². The summed E-state index contributed by atoms with van der Waals surface area (Å²) < 4.78 is 17.3. The van der Waals surface area contributed by atoms with Crippen LogP contribution in [-0.4, -0.2) is 43.6 Å². The van der Waals surface area contributed by atoms with Gasteiger partial charge in [-0.25, -0.2) is 0 Å². The molecule has 1 aliphatic rings. The number of hydrogen-bond acceptors (Lipinski definition) is 3. The standard InChI is InChI=1S/C11H21IO3/c1-13-6-7-14-8-9-15-11(10-12)4-2-3-5-11/h2-10H2,1H3. The van der Waals surface area contributed by atoms with Crippen LogP contribution in [0, 0.1) is 0 Å². The fraction of sp³-hybridized carbons (Fsp3) is 1.00. The van der Waals surface area contributed by atoms with Gasteiger partial charge in [0.05, 0.1) is 32.0 Å². The second kappa shape index (κ2) is 7.81. The number of methoxy groups -OCH3 is 1. The molecule has 0 atom stereocenters. The van der Waals surface area contributed by atoms with E-state index in [4.69, 9.17) is 14.2 Å². The molecule has 90 valence electrons. The molecular formula is C11H21IO3. The van der Waals surface area contributed by atoms with E-state index in [1.165, 1.54) is 25.7 Å². The van der Waals surface area contributed by atoms with Crippen LogP contribution in [0.4, 0.5) is 0 Å². The van der Waals surface area contributed by atoms with Crippen molar-refractivity contribution >= 4 is 22.6 Å². The number of alkyl halides is 1. The van der Waals surface area contributed by atoms with Crippen LogP contribution in [-0.2, 0) is 14.2 Å². The first-order valence-electron chi connectivity index (χ1n) is 5.59. The van der Waals surface area contributed by atoms with Gasteiger partial charge in [0.25, 0.3) is 0 Å². The van der Waals surface area contributed by atoms with Crippen molar-refractivity contribution in [3.8, 4) is 0 Å². The van der Waals surface area contributed by atoms with Crippen LogP contribution in [0.5, 0.6) is 0 Å². The van der Waals surface area contributed by atoms with Crippen molar-refractivity contribution in [1.82, 2.24) is 0 Å². The molecule has 0 aromatic carbocycles. The van der Waals surface area contributed by atoms with Gasteiger partial charge in [0, 0.05) is 11.5 Å². The Kier molecular flexibility index (Phi) is 7.12. The first-order valence-corrected chi connectivity index (χ1v) is 7.12. The van der Waals surface area contributed by atoms with Crippen LogP contribution in [0.1, 0.15) is 25.7 Å². The van der Waals surface area contributed by atoms with E-state index in [-0.39, 0.29) is 5.60 Å². The minimum Gasteiger partial charge on any atom is -0.382 e. The van der Waals surface area contributed by atoms with Gasteiger partial charge in [0.2, 0.25) is 0 Å². The Morgan fingerprint density at radius 1 is 1.07 bits per heavy atom. The summed E-state index contributed by atoms with van der Waals surface area (Å²) in [5.41, 5.74) is 0.158. The summed E-state index contributed by atoms with van der Waals surface area (Å²) in [6.45, 7) is 2.73. The summed E-state index contributed by atoms with van der Waals surface area (Å²) in [5, 5.41) is 0. The molecule has 0 saturated heterocycles. The first kappa shape index (κ1) is 13.7. The van der Waals surface area contributed by atoms with Gasteiger partial charge in [0.15, 0.2) is 0 Å². The third kappa shape index (κ3) is 4.97. The Labute approximate surface area is 106 Å². The SMILES string of the molecule is COCCOCCOC1(CI)CCCC1. The molecule has 0 aromatic rings. The molecule has 0 bridgehead atoms. The van der Waals surface area contributed by atoms with Gasteiger partial charge in [0.1, 0.15) is 0 Å². The van der Waals surface area contributed by atoms with Gasteiger partial charge in [-0.1, -0.05) is 35.4 Å². The van der Waals surface area contributed by atoms with Crippen molar-refractivity contribution in [1.29, 1.82) is 0 Å². The lowest BCUT2D eigenvalue weighted by molar-refractivity contribution is -0.0519. The van der Waals surface area contributed by atoms with Crippen molar-refractivity contribution in [3.05, 3.63) is 0 Å². The van der Waals surface area contributed by atoms with Gasteiger partial charge in [-0.05, 0) is 12.8 Å². The largest absolute Gasteiger partial charge is 0.382 e. The average molecular weight is 328 g/mol. The molecule has 1 rings (SSSR count). The molecule has 1 fully saturated rings. The second-order valence-corrected chi connectivity index (χ2v) is 4.74. The van der Waals surface area contributed by atoms with Crippen LogP contribution in [0.15, 0.2) is 0 Å². The van der Waals surface area contributed by atoms with Crippen LogP contribution >= 0.6 is 22.6 Å². The molecule has 15 heavy (non-hydrogen) atoms. The topological polar surface area (TPSA) is 27.7 Å². The summed E-state index contributed by atoms with van der Waals surface area (Å²) >= 11 is 2.43. The summed E-state index contributed by atoms with van der Waals surface area (Å²) in [5.74, 6) is 0. The van der Waals surface area contributed by atoms with Gasteiger partial charge in [-0.15, -0.1) is 0 Å². The third-order valence-corrected chi connectivity index (χ3v) is 4.22. The minimum absolute atomic E-state index is 0.158. The highest BCUT2D eigenvalue weighted by atomic mass is 127. The second-order valence-electron chi connectivity index (χ2n) is 3.98. The minimum atomic E-state index is 0.158. The van der Waals surface area contributed by atoms with E-state index < -0.39 is 0 Å². The number of halogens is 1. The Morgan fingerprint density at radius 3 is 2.33 bits per heavy atom. The van der Waals surface area contributed by atoms with Crippen molar-refractivity contribution in [2.24, 2.45) is 0 Å². The Balaban J connectivity index is 2.02. The summed E-state index contributed by atoms with van der Waals surface area (Å²) in [4.78, 5) is 0. The van der Waals surface area contributed by atoms with Gasteiger partial charge in [-0.2, -0.15) is 0 Å². The van der Waals surface area contributed by atoms with Crippen molar-refractivity contribution in [3.63, 3.8) is 0 Å². The molecule has 0 aromatic heterocycles. The fourth-order valence-electron chi connectivity index (χ4n) is 1.90. The highest BCUT2D eigenvalue weighted by Crippen LogP contribution is 2.34. The Morgan fingerprint density at radius 2 is 1.73 bits per heavy atom. The average Bonchev–Trinajstić information content (AvgIpc) is 2.73. The predicted octanol–water partition coefficient (Wildman–Crippen LogP) is 2.41. The molecule has 0 heterocycles. The normalized spacial score (nSPS) is 19.6. The molecule has 0 radical (unpaired) electrons. The lowest BCUT2D eigenvalue weighted by Gasteiger charge is -2.27. The van der Waals surface area contributed by atoms with E-state index in [9.17, 15) is 0 Å². The van der Waals surface area contributed by atoms with Gasteiger partial charge in [-0.3, -0.25) is 0 Å². The Bertz CT molecular complexity index is 158. The Hall–Kier alpha value is 0.610.